The molecule has 0 atom stereocenters. The molecule has 0 saturated heterocycles. The van der Waals surface area contributed by atoms with E-state index in [1.54, 1.807) is 6.92 Å². The molecule has 0 aromatic heterocycles. The Morgan fingerprint density at radius 2 is 1.65 bits per heavy atom. The molecular formula is C14H26O2Si. The molecular weight excluding hydrogens is 228 g/mol. The third-order valence-electron chi connectivity index (χ3n) is 2.21. The molecule has 0 fully saturated rings. The third-order valence-corrected chi connectivity index (χ3v) is 3.14. The summed E-state index contributed by atoms with van der Waals surface area (Å²) < 4.78 is 5.83. The van der Waals surface area contributed by atoms with Crippen molar-refractivity contribution < 1.29 is 9.22 Å². The fourth-order valence-electron chi connectivity index (χ4n) is 1.43. The SMILES string of the molecule is CC(=O)CC/C(C)=C\C/C=C(/C)O[Si](C)(C)C. The predicted molar refractivity (Wildman–Crippen MR) is 76.5 cm³/mol. The summed E-state index contributed by atoms with van der Waals surface area (Å²) in [6.07, 6.45) is 6.68. The first kappa shape index (κ1) is 16.2. The van der Waals surface area contributed by atoms with Crippen molar-refractivity contribution in [2.75, 3.05) is 0 Å². The van der Waals surface area contributed by atoms with Gasteiger partial charge in [-0.2, -0.15) is 0 Å². The van der Waals surface area contributed by atoms with Crippen LogP contribution in [0.1, 0.15) is 40.0 Å². The lowest BCUT2D eigenvalue weighted by molar-refractivity contribution is -0.116. The van der Waals surface area contributed by atoms with Crippen LogP contribution in [0, 0.1) is 0 Å². The maximum absolute atomic E-state index is 10.8. The summed E-state index contributed by atoms with van der Waals surface area (Å²) in [5.74, 6) is 1.27. The third kappa shape index (κ3) is 11.4. The molecule has 17 heavy (non-hydrogen) atoms. The van der Waals surface area contributed by atoms with Crippen molar-refractivity contribution in [2.24, 2.45) is 0 Å². The Morgan fingerprint density at radius 1 is 1.06 bits per heavy atom. The van der Waals surface area contributed by atoms with E-state index in [-0.39, 0.29) is 5.78 Å². The first-order valence-corrected chi connectivity index (χ1v) is 9.62. The normalized spacial score (nSPS) is 13.8. The van der Waals surface area contributed by atoms with E-state index >= 15 is 0 Å². The van der Waals surface area contributed by atoms with Crippen LogP contribution in [-0.4, -0.2) is 14.1 Å². The standard InChI is InChI=1S/C14H26O2Si/c1-12(10-11-13(2)15)8-7-9-14(3)16-17(4,5)6/h8-9H,7,10-11H2,1-6H3/b12-8-,14-9-. The van der Waals surface area contributed by atoms with Crippen molar-refractivity contribution in [3.63, 3.8) is 0 Å². The number of ketones is 1. The zero-order valence-electron chi connectivity index (χ0n) is 12.1. The summed E-state index contributed by atoms with van der Waals surface area (Å²) in [6.45, 7) is 12.3. The first-order chi connectivity index (χ1) is 7.70. The van der Waals surface area contributed by atoms with Crippen molar-refractivity contribution in [3.05, 3.63) is 23.5 Å². The Bertz CT molecular complexity index is 309. The Hall–Kier alpha value is -0.833. The van der Waals surface area contributed by atoms with Crippen molar-refractivity contribution in [1.29, 1.82) is 0 Å². The van der Waals surface area contributed by atoms with Crippen LogP contribution >= 0.6 is 0 Å². The Kier molecular flexibility index (Phi) is 7.12. The van der Waals surface area contributed by atoms with Gasteiger partial charge in [0.05, 0.1) is 5.76 Å². The van der Waals surface area contributed by atoms with Gasteiger partial charge in [0.2, 0.25) is 8.32 Å². The van der Waals surface area contributed by atoms with Crippen LogP contribution in [0.5, 0.6) is 0 Å². The molecule has 0 aliphatic heterocycles. The van der Waals surface area contributed by atoms with Gasteiger partial charge in [-0.25, -0.2) is 0 Å². The molecule has 2 nitrogen and oxygen atoms in total. The number of rotatable bonds is 7. The van der Waals surface area contributed by atoms with Gasteiger partial charge >= 0.3 is 0 Å². The van der Waals surface area contributed by atoms with E-state index in [0.717, 1.165) is 18.6 Å². The first-order valence-electron chi connectivity index (χ1n) is 6.21. The lowest BCUT2D eigenvalue weighted by Gasteiger charge is -2.19. The molecule has 0 unspecified atom stereocenters. The number of Topliss-reactive ketones (excluding diaryl/α,β-unsaturated/α-hetero) is 1. The minimum absolute atomic E-state index is 0.256. The minimum Gasteiger partial charge on any atom is -0.548 e. The summed E-state index contributed by atoms with van der Waals surface area (Å²) in [7, 11) is -1.46. The molecule has 0 aromatic rings. The quantitative estimate of drug-likeness (QED) is 0.381. The van der Waals surface area contributed by atoms with Gasteiger partial charge in [0.15, 0.2) is 0 Å². The van der Waals surface area contributed by atoms with Gasteiger partial charge in [-0.05, 0) is 59.3 Å². The van der Waals surface area contributed by atoms with Crippen LogP contribution < -0.4 is 0 Å². The fraction of sp³-hybridized carbons (Fsp3) is 0.643. The number of carbonyl (C=O) groups excluding carboxylic acids is 1. The predicted octanol–water partition coefficient (Wildman–Crippen LogP) is 4.45. The van der Waals surface area contributed by atoms with Crippen LogP contribution in [0.15, 0.2) is 23.5 Å². The highest BCUT2D eigenvalue weighted by atomic mass is 28.4. The maximum Gasteiger partial charge on any atom is 0.241 e. The lowest BCUT2D eigenvalue weighted by atomic mass is 10.1. The molecule has 98 valence electrons. The molecule has 0 aliphatic rings. The highest BCUT2D eigenvalue weighted by molar-refractivity contribution is 6.70. The van der Waals surface area contributed by atoms with Gasteiger partial charge in [-0.1, -0.05) is 11.6 Å². The van der Waals surface area contributed by atoms with E-state index in [1.807, 2.05) is 6.92 Å². The highest BCUT2D eigenvalue weighted by Gasteiger charge is 2.15. The second-order valence-electron chi connectivity index (χ2n) is 5.52. The van der Waals surface area contributed by atoms with Crippen molar-refractivity contribution in [3.8, 4) is 0 Å². The molecule has 0 heterocycles. The second kappa shape index (κ2) is 7.48. The van der Waals surface area contributed by atoms with Gasteiger partial charge in [-0.3, -0.25) is 0 Å². The molecule has 0 spiro atoms. The minimum atomic E-state index is -1.46. The molecule has 0 bridgehead atoms. The van der Waals surface area contributed by atoms with Crippen LogP contribution in [0.4, 0.5) is 0 Å². The Morgan fingerprint density at radius 3 is 2.12 bits per heavy atom. The smallest absolute Gasteiger partial charge is 0.241 e. The number of carbonyl (C=O) groups is 1. The topological polar surface area (TPSA) is 26.3 Å². The average Bonchev–Trinajstić information content (AvgIpc) is 2.11. The van der Waals surface area contributed by atoms with Crippen LogP contribution in [-0.2, 0) is 9.22 Å². The molecule has 0 aromatic carbocycles. The lowest BCUT2D eigenvalue weighted by Crippen LogP contribution is -2.24. The van der Waals surface area contributed by atoms with Gasteiger partial charge in [0, 0.05) is 6.42 Å². The van der Waals surface area contributed by atoms with Gasteiger partial charge in [0.1, 0.15) is 5.78 Å². The van der Waals surface area contributed by atoms with Crippen LogP contribution in [0.3, 0.4) is 0 Å². The van der Waals surface area contributed by atoms with E-state index in [0.29, 0.717) is 6.42 Å². The van der Waals surface area contributed by atoms with E-state index in [1.165, 1.54) is 5.57 Å². The summed E-state index contributed by atoms with van der Waals surface area (Å²) in [5, 5.41) is 0. The fourth-order valence-corrected chi connectivity index (χ4v) is 2.48. The maximum atomic E-state index is 10.8. The average molecular weight is 254 g/mol. The van der Waals surface area contributed by atoms with Crippen molar-refractivity contribution in [1.82, 2.24) is 0 Å². The number of hydrogen-bond donors (Lipinski definition) is 0. The summed E-state index contributed by atoms with van der Waals surface area (Å²) in [4.78, 5) is 10.8. The Labute approximate surface area is 107 Å². The number of allylic oxidation sites excluding steroid dienone is 4. The zero-order valence-corrected chi connectivity index (χ0v) is 13.1. The zero-order chi connectivity index (χ0) is 13.5. The van der Waals surface area contributed by atoms with E-state index in [2.05, 4.69) is 38.7 Å². The van der Waals surface area contributed by atoms with Crippen LogP contribution in [0.2, 0.25) is 19.6 Å². The Balaban J connectivity index is 4.06. The molecule has 3 heteroatoms. The molecule has 0 N–H and O–H groups in total. The monoisotopic (exact) mass is 254 g/mol. The molecule has 0 rings (SSSR count). The summed E-state index contributed by atoms with van der Waals surface area (Å²) >= 11 is 0. The highest BCUT2D eigenvalue weighted by Crippen LogP contribution is 2.11. The molecule has 0 aliphatic carbocycles. The van der Waals surface area contributed by atoms with Gasteiger partial charge in [-0.15, -0.1) is 0 Å². The summed E-state index contributed by atoms with van der Waals surface area (Å²) in [5.41, 5.74) is 1.28. The molecule has 0 radical (unpaired) electrons. The van der Waals surface area contributed by atoms with Gasteiger partial charge < -0.3 is 9.22 Å². The van der Waals surface area contributed by atoms with Crippen molar-refractivity contribution >= 4 is 14.1 Å². The van der Waals surface area contributed by atoms with E-state index in [4.69, 9.17) is 4.43 Å². The van der Waals surface area contributed by atoms with Crippen LogP contribution in [0.25, 0.3) is 0 Å². The van der Waals surface area contributed by atoms with Gasteiger partial charge in [0.25, 0.3) is 0 Å². The summed E-state index contributed by atoms with van der Waals surface area (Å²) in [6, 6.07) is 0. The molecule has 0 amide bonds. The molecule has 0 saturated carbocycles. The largest absolute Gasteiger partial charge is 0.548 e. The second-order valence-corrected chi connectivity index (χ2v) is 9.95. The van der Waals surface area contributed by atoms with Crippen molar-refractivity contribution in [2.45, 2.75) is 59.7 Å². The van der Waals surface area contributed by atoms with E-state index in [9.17, 15) is 4.79 Å². The number of hydrogen-bond acceptors (Lipinski definition) is 2. The van der Waals surface area contributed by atoms with E-state index < -0.39 is 8.32 Å².